The highest BCUT2D eigenvalue weighted by Gasteiger charge is 2.30. The monoisotopic (exact) mass is 1540 g/mol. The molecule has 0 bridgehead atoms. The van der Waals surface area contributed by atoms with Crippen molar-refractivity contribution in [2.45, 2.75) is 483 Å². The molecule has 0 radical (unpaired) electrons. The minimum Gasteiger partial charge on any atom is -0.462 e. The Kier molecular flexibility index (Phi) is 77.3. The fourth-order valence-corrected chi connectivity index (χ4v) is 15.1. The normalized spacial score (nSPS) is 13.8. The third-order valence-corrected chi connectivity index (χ3v) is 22.2. The van der Waals surface area contributed by atoms with Crippen LogP contribution in [-0.4, -0.2) is 96.7 Å². The topological polar surface area (TPSA) is 237 Å². The van der Waals surface area contributed by atoms with E-state index in [0.717, 1.165) is 95.8 Å². The number of phosphoric ester groups is 2. The van der Waals surface area contributed by atoms with Crippen molar-refractivity contribution in [3.63, 3.8) is 0 Å². The predicted molar refractivity (Wildman–Crippen MR) is 432 cm³/mol. The SMILES string of the molecule is CCCCCCCCCCCCCCCCCCCCCCCC(=O)O[C@H](COC(=O)CCCCCCCCCCCCCCCCC(C)C)COP(=O)(O)OC[C@@H](O)COP(=O)(O)OC[C@@H](COC(=O)CCCCCCCCCCCCCCC)OC(=O)CCCCCCCCCCCCCCCC. The molecular weight excluding hydrogens is 1370 g/mol. The molecule has 624 valence electrons. The number of carbonyl (C=O) groups is 4. The molecule has 3 N–H and O–H groups in total. The van der Waals surface area contributed by atoms with Crippen LogP contribution < -0.4 is 0 Å². The van der Waals surface area contributed by atoms with E-state index in [-0.39, 0.29) is 25.7 Å². The van der Waals surface area contributed by atoms with Gasteiger partial charge in [-0.2, -0.15) is 0 Å². The van der Waals surface area contributed by atoms with Gasteiger partial charge < -0.3 is 33.8 Å². The van der Waals surface area contributed by atoms with Crippen molar-refractivity contribution in [1.29, 1.82) is 0 Å². The molecule has 0 aliphatic rings. The average molecular weight is 1540 g/mol. The fraction of sp³-hybridized carbons (Fsp3) is 0.953. The molecule has 5 atom stereocenters. The molecule has 105 heavy (non-hydrogen) atoms. The Morgan fingerprint density at radius 1 is 0.257 bits per heavy atom. The van der Waals surface area contributed by atoms with Crippen LogP contribution >= 0.6 is 15.6 Å². The summed E-state index contributed by atoms with van der Waals surface area (Å²) in [6, 6.07) is 0. The van der Waals surface area contributed by atoms with Gasteiger partial charge >= 0.3 is 39.5 Å². The lowest BCUT2D eigenvalue weighted by Gasteiger charge is -2.21. The number of aliphatic hydroxyl groups excluding tert-OH is 1. The van der Waals surface area contributed by atoms with Crippen molar-refractivity contribution in [3.8, 4) is 0 Å². The van der Waals surface area contributed by atoms with Crippen molar-refractivity contribution in [2.75, 3.05) is 39.6 Å². The maximum absolute atomic E-state index is 13.1. The van der Waals surface area contributed by atoms with Crippen LogP contribution in [0.25, 0.3) is 0 Å². The van der Waals surface area contributed by atoms with Gasteiger partial charge in [0.05, 0.1) is 26.4 Å². The summed E-state index contributed by atoms with van der Waals surface area (Å²) in [5.74, 6) is -1.30. The second-order valence-corrected chi connectivity index (χ2v) is 34.3. The molecule has 0 fully saturated rings. The zero-order valence-corrected chi connectivity index (χ0v) is 70.7. The number of carbonyl (C=O) groups excluding carboxylic acids is 4. The van der Waals surface area contributed by atoms with Gasteiger partial charge in [-0.3, -0.25) is 37.3 Å². The van der Waals surface area contributed by atoms with Crippen LogP contribution in [0.4, 0.5) is 0 Å². The number of aliphatic hydroxyl groups is 1. The first-order valence-electron chi connectivity index (χ1n) is 44.6. The van der Waals surface area contributed by atoms with Crippen molar-refractivity contribution in [3.05, 3.63) is 0 Å². The highest BCUT2D eigenvalue weighted by molar-refractivity contribution is 7.47. The lowest BCUT2D eigenvalue weighted by molar-refractivity contribution is -0.161. The summed E-state index contributed by atoms with van der Waals surface area (Å²) < 4.78 is 68.9. The summed E-state index contributed by atoms with van der Waals surface area (Å²) in [5, 5.41) is 10.7. The number of rotatable bonds is 86. The van der Waals surface area contributed by atoms with Gasteiger partial charge in [0.1, 0.15) is 19.3 Å². The third-order valence-electron chi connectivity index (χ3n) is 20.3. The molecule has 19 heteroatoms. The first-order valence-corrected chi connectivity index (χ1v) is 47.6. The highest BCUT2D eigenvalue weighted by atomic mass is 31.2. The summed E-state index contributed by atoms with van der Waals surface area (Å²) in [6.45, 7) is 7.39. The van der Waals surface area contributed by atoms with Gasteiger partial charge in [-0.05, 0) is 31.6 Å². The van der Waals surface area contributed by atoms with E-state index in [1.54, 1.807) is 0 Å². The van der Waals surface area contributed by atoms with Gasteiger partial charge in [0.15, 0.2) is 12.2 Å². The van der Waals surface area contributed by atoms with Crippen LogP contribution in [0.5, 0.6) is 0 Å². The predicted octanol–water partition coefficient (Wildman–Crippen LogP) is 26.4. The molecule has 0 amide bonds. The van der Waals surface area contributed by atoms with Gasteiger partial charge in [-0.25, -0.2) is 9.13 Å². The lowest BCUT2D eigenvalue weighted by atomic mass is 10.0. The number of ether oxygens (including phenoxy) is 4. The maximum Gasteiger partial charge on any atom is 0.472 e. The molecule has 0 saturated carbocycles. The largest absolute Gasteiger partial charge is 0.472 e. The van der Waals surface area contributed by atoms with Gasteiger partial charge in [-0.15, -0.1) is 0 Å². The van der Waals surface area contributed by atoms with Crippen LogP contribution in [-0.2, 0) is 65.4 Å². The summed E-state index contributed by atoms with van der Waals surface area (Å²) in [4.78, 5) is 73.3. The molecule has 0 aromatic carbocycles. The van der Waals surface area contributed by atoms with Crippen molar-refractivity contribution >= 4 is 39.5 Å². The summed E-state index contributed by atoms with van der Waals surface area (Å²) in [7, 11) is -9.93. The van der Waals surface area contributed by atoms with Gasteiger partial charge in [0.2, 0.25) is 0 Å². The molecule has 0 aromatic heterocycles. The van der Waals surface area contributed by atoms with Gasteiger partial charge in [0, 0.05) is 25.7 Å². The fourth-order valence-electron chi connectivity index (χ4n) is 13.5. The Balaban J connectivity index is 5.25. The molecule has 0 saturated heterocycles. The molecule has 17 nitrogen and oxygen atoms in total. The summed E-state index contributed by atoms with van der Waals surface area (Å²) in [5.41, 5.74) is 0. The molecule has 0 aliphatic heterocycles. The van der Waals surface area contributed by atoms with E-state index in [9.17, 15) is 43.2 Å². The van der Waals surface area contributed by atoms with E-state index in [0.29, 0.717) is 25.7 Å². The van der Waals surface area contributed by atoms with E-state index < -0.39 is 97.5 Å². The van der Waals surface area contributed by atoms with Gasteiger partial charge in [0.25, 0.3) is 0 Å². The second-order valence-electron chi connectivity index (χ2n) is 31.4. The van der Waals surface area contributed by atoms with Crippen molar-refractivity contribution in [2.24, 2.45) is 5.92 Å². The van der Waals surface area contributed by atoms with E-state index in [2.05, 4.69) is 34.6 Å². The quantitative estimate of drug-likeness (QED) is 0.0222. The minimum atomic E-state index is -4.97. The number of esters is 4. The first kappa shape index (κ1) is 103. The average Bonchev–Trinajstić information content (AvgIpc) is 0.909. The van der Waals surface area contributed by atoms with Crippen LogP contribution in [0.3, 0.4) is 0 Å². The Hall–Kier alpha value is -1.94. The molecule has 0 heterocycles. The number of phosphoric acid groups is 2. The van der Waals surface area contributed by atoms with E-state index in [1.165, 1.54) is 289 Å². The Bertz CT molecular complexity index is 2000. The van der Waals surface area contributed by atoms with Crippen LogP contribution in [0.15, 0.2) is 0 Å². The van der Waals surface area contributed by atoms with E-state index in [1.807, 2.05) is 0 Å². The molecule has 0 aliphatic carbocycles. The van der Waals surface area contributed by atoms with Gasteiger partial charge in [-0.1, -0.05) is 413 Å². The zero-order valence-electron chi connectivity index (χ0n) is 68.9. The smallest absolute Gasteiger partial charge is 0.462 e. The number of hydrogen-bond acceptors (Lipinski definition) is 15. The van der Waals surface area contributed by atoms with E-state index >= 15 is 0 Å². The lowest BCUT2D eigenvalue weighted by Crippen LogP contribution is -2.30. The van der Waals surface area contributed by atoms with Crippen LogP contribution in [0.1, 0.15) is 465 Å². The first-order chi connectivity index (χ1) is 51.0. The second kappa shape index (κ2) is 78.7. The molecular formula is C86H168O17P2. The molecule has 2 unspecified atom stereocenters. The summed E-state index contributed by atoms with van der Waals surface area (Å²) >= 11 is 0. The Morgan fingerprint density at radius 3 is 0.648 bits per heavy atom. The highest BCUT2D eigenvalue weighted by Crippen LogP contribution is 2.45. The third kappa shape index (κ3) is 79.9. The van der Waals surface area contributed by atoms with Crippen LogP contribution in [0, 0.1) is 5.92 Å². The van der Waals surface area contributed by atoms with Crippen molar-refractivity contribution < 1.29 is 80.2 Å². The minimum absolute atomic E-state index is 0.109. The Labute approximate surface area is 645 Å². The standard InChI is InChI=1S/C86H168O17P2/c1-6-9-12-15-18-21-24-27-29-30-31-32-33-34-35-42-47-52-57-62-67-72-86(91)103-82(76-97-84(89)70-65-60-55-50-45-41-37-36-39-43-48-53-58-63-68-79(4)5)78-101-105(94,95)99-74-80(87)73-98-104(92,93)100-77-81(75-96-83(88)69-64-59-54-49-44-38-26-23-20-17-14-11-8-3)102-85(90)71-66-61-56-51-46-40-28-25-22-19-16-13-10-7-2/h79-82,87H,6-78H2,1-5H3,(H,92,93)(H,94,95)/t80-,81+,82+/m0/s1. The number of hydrogen-bond donors (Lipinski definition) is 3. The number of unbranched alkanes of at least 4 members (excludes halogenated alkanes) is 58. The molecule has 0 rings (SSSR count). The maximum atomic E-state index is 13.1. The summed E-state index contributed by atoms with van der Waals surface area (Å²) in [6.07, 6.45) is 72.1. The molecule has 0 spiro atoms. The van der Waals surface area contributed by atoms with Crippen LogP contribution in [0.2, 0.25) is 0 Å². The molecule has 0 aromatic rings. The zero-order chi connectivity index (χ0) is 76.9. The Morgan fingerprint density at radius 2 is 0.438 bits per heavy atom. The van der Waals surface area contributed by atoms with Crippen molar-refractivity contribution in [1.82, 2.24) is 0 Å². The van der Waals surface area contributed by atoms with E-state index in [4.69, 9.17) is 37.0 Å².